The van der Waals surface area contributed by atoms with E-state index in [0.29, 0.717) is 16.6 Å². The summed E-state index contributed by atoms with van der Waals surface area (Å²) < 4.78 is 19.4. The number of aryl methyl sites for hydroxylation is 1. The van der Waals surface area contributed by atoms with Crippen LogP contribution < -0.4 is 5.32 Å². The fourth-order valence-electron chi connectivity index (χ4n) is 4.08. The molecule has 1 aromatic heterocycles. The van der Waals surface area contributed by atoms with Crippen LogP contribution in [0.4, 0.5) is 5.69 Å². The standard InChI is InChI=1S/C26H31N5O6S/c1-15-22(14-38-26-28-29-30-31(26)4)36-25(37-23(15)19-7-5-18(13-32)6-8-19)20-9-11-21(12-10-20)27-24(34)16(2)35-17(3)33/h5-12,15-16,22-23,25,32H,13-14H2,1-4H3,(H,27,34). The number of nitrogens with one attached hydrogen (secondary N) is 1. The first kappa shape index (κ1) is 27.7. The monoisotopic (exact) mass is 541 g/mol. The molecule has 4 rings (SSSR count). The lowest BCUT2D eigenvalue weighted by atomic mass is 9.91. The van der Waals surface area contributed by atoms with Gasteiger partial charge in [-0.3, -0.25) is 9.59 Å². The second kappa shape index (κ2) is 12.5. The molecule has 5 unspecified atom stereocenters. The first-order valence-electron chi connectivity index (χ1n) is 12.2. The molecule has 1 aliphatic heterocycles. The van der Waals surface area contributed by atoms with E-state index in [1.807, 2.05) is 36.4 Å². The van der Waals surface area contributed by atoms with Crippen LogP contribution in [-0.2, 0) is 37.5 Å². The van der Waals surface area contributed by atoms with E-state index >= 15 is 0 Å². The van der Waals surface area contributed by atoms with Crippen LogP contribution in [0.15, 0.2) is 53.7 Å². The van der Waals surface area contributed by atoms with Crippen LogP contribution in [0.25, 0.3) is 0 Å². The average molecular weight is 542 g/mol. The maximum absolute atomic E-state index is 12.3. The number of hydrogen-bond acceptors (Lipinski definition) is 10. The topological polar surface area (TPSA) is 138 Å². The summed E-state index contributed by atoms with van der Waals surface area (Å²) in [6, 6.07) is 14.9. The van der Waals surface area contributed by atoms with E-state index in [0.717, 1.165) is 16.7 Å². The van der Waals surface area contributed by atoms with Gasteiger partial charge < -0.3 is 24.6 Å². The molecule has 1 amide bonds. The lowest BCUT2D eigenvalue weighted by molar-refractivity contribution is -0.268. The molecule has 0 spiro atoms. The number of esters is 1. The van der Waals surface area contributed by atoms with Crippen molar-refractivity contribution in [2.24, 2.45) is 13.0 Å². The Balaban J connectivity index is 1.52. The van der Waals surface area contributed by atoms with Crippen molar-refractivity contribution in [1.29, 1.82) is 0 Å². The lowest BCUT2D eigenvalue weighted by Crippen LogP contribution is -2.38. The minimum Gasteiger partial charge on any atom is -0.453 e. The number of carbonyl (C=O) groups is 2. The Labute approximate surface area is 224 Å². The van der Waals surface area contributed by atoms with Gasteiger partial charge in [0.1, 0.15) is 0 Å². The molecule has 12 heteroatoms. The number of thioether (sulfide) groups is 1. The zero-order valence-corrected chi connectivity index (χ0v) is 22.4. The van der Waals surface area contributed by atoms with Crippen LogP contribution in [0, 0.1) is 5.92 Å². The van der Waals surface area contributed by atoms with Crippen LogP contribution in [0.1, 0.15) is 49.9 Å². The van der Waals surface area contributed by atoms with Gasteiger partial charge in [-0.2, -0.15) is 0 Å². The fraction of sp³-hybridized carbons (Fsp3) is 0.423. The van der Waals surface area contributed by atoms with Crippen molar-refractivity contribution < 1.29 is 28.9 Å². The molecule has 2 aromatic carbocycles. The average Bonchev–Trinajstić information content (AvgIpc) is 3.32. The van der Waals surface area contributed by atoms with Crippen LogP contribution in [0.3, 0.4) is 0 Å². The van der Waals surface area contributed by atoms with Crippen molar-refractivity contribution in [3.63, 3.8) is 0 Å². The number of rotatable bonds is 9. The number of anilines is 1. The molecule has 0 bridgehead atoms. The molecule has 202 valence electrons. The van der Waals surface area contributed by atoms with Crippen molar-refractivity contribution in [3.05, 3.63) is 65.2 Å². The Morgan fingerprint density at radius 1 is 1.13 bits per heavy atom. The number of ether oxygens (including phenoxy) is 3. The van der Waals surface area contributed by atoms with Crippen molar-refractivity contribution in [2.75, 3.05) is 11.1 Å². The maximum Gasteiger partial charge on any atom is 0.303 e. The molecule has 11 nitrogen and oxygen atoms in total. The molecule has 1 fully saturated rings. The summed E-state index contributed by atoms with van der Waals surface area (Å²) in [7, 11) is 1.79. The molecular formula is C26H31N5O6S. The zero-order chi connectivity index (χ0) is 27.2. The normalized spacial score (nSPS) is 22.0. The summed E-state index contributed by atoms with van der Waals surface area (Å²) in [4.78, 5) is 23.4. The van der Waals surface area contributed by atoms with Gasteiger partial charge in [0.2, 0.25) is 5.16 Å². The molecule has 1 saturated heterocycles. The number of aliphatic hydroxyl groups is 1. The van der Waals surface area contributed by atoms with Crippen LogP contribution in [0.2, 0.25) is 0 Å². The first-order chi connectivity index (χ1) is 18.2. The fourth-order valence-corrected chi connectivity index (χ4v) is 5.09. The SMILES string of the molecule is CC(=O)OC(C)C(=O)Nc1ccc(C2OC(CSc3nnnn3C)C(C)C(c3ccc(CO)cc3)O2)cc1. The largest absolute Gasteiger partial charge is 0.453 e. The Morgan fingerprint density at radius 2 is 1.82 bits per heavy atom. The number of hydrogen-bond donors (Lipinski definition) is 2. The number of nitrogens with zero attached hydrogens (tertiary/aromatic N) is 4. The third-order valence-electron chi connectivity index (χ3n) is 6.24. The Bertz CT molecular complexity index is 1240. The van der Waals surface area contributed by atoms with Gasteiger partial charge >= 0.3 is 5.97 Å². The summed E-state index contributed by atoms with van der Waals surface area (Å²) >= 11 is 1.51. The van der Waals surface area contributed by atoms with Gasteiger partial charge in [-0.05, 0) is 40.6 Å². The smallest absolute Gasteiger partial charge is 0.303 e. The molecule has 2 N–H and O–H groups in total. The highest BCUT2D eigenvalue weighted by Crippen LogP contribution is 2.43. The zero-order valence-electron chi connectivity index (χ0n) is 21.6. The highest BCUT2D eigenvalue weighted by Gasteiger charge is 2.38. The van der Waals surface area contributed by atoms with E-state index in [-0.39, 0.29) is 24.7 Å². The summed E-state index contributed by atoms with van der Waals surface area (Å²) in [5, 5.41) is 24.5. The van der Waals surface area contributed by atoms with Gasteiger partial charge in [-0.15, -0.1) is 5.10 Å². The van der Waals surface area contributed by atoms with E-state index in [9.17, 15) is 14.7 Å². The number of aliphatic hydroxyl groups excluding tert-OH is 1. The van der Waals surface area contributed by atoms with Gasteiger partial charge in [0.05, 0.1) is 18.8 Å². The predicted molar refractivity (Wildman–Crippen MR) is 139 cm³/mol. The molecule has 38 heavy (non-hydrogen) atoms. The number of amides is 1. The van der Waals surface area contributed by atoms with Crippen LogP contribution >= 0.6 is 11.8 Å². The molecular weight excluding hydrogens is 510 g/mol. The lowest BCUT2D eigenvalue weighted by Gasteiger charge is -2.41. The molecule has 0 saturated carbocycles. The maximum atomic E-state index is 12.3. The van der Waals surface area contributed by atoms with E-state index < -0.39 is 24.3 Å². The van der Waals surface area contributed by atoms with E-state index in [2.05, 4.69) is 27.8 Å². The molecule has 3 aromatic rings. The molecule has 2 heterocycles. The van der Waals surface area contributed by atoms with Gasteiger partial charge in [0, 0.05) is 36.9 Å². The van der Waals surface area contributed by atoms with Crippen molar-refractivity contribution in [1.82, 2.24) is 20.2 Å². The Kier molecular flexibility index (Phi) is 9.10. The summed E-state index contributed by atoms with van der Waals surface area (Å²) in [5.74, 6) is -0.315. The first-order valence-corrected chi connectivity index (χ1v) is 13.2. The predicted octanol–water partition coefficient (Wildman–Crippen LogP) is 3.18. The summed E-state index contributed by atoms with van der Waals surface area (Å²) in [6.07, 6.45) is -1.99. The van der Waals surface area contributed by atoms with Gasteiger partial charge in [-0.1, -0.05) is 55.1 Å². The quantitative estimate of drug-likeness (QED) is 0.307. The molecule has 0 aliphatic carbocycles. The number of aromatic nitrogens is 4. The van der Waals surface area contributed by atoms with E-state index in [1.54, 1.807) is 23.9 Å². The minimum absolute atomic E-state index is 0.0150. The Hall–Kier alpha value is -3.32. The number of carbonyl (C=O) groups excluding carboxylic acids is 2. The minimum atomic E-state index is -0.904. The third-order valence-corrected chi connectivity index (χ3v) is 7.34. The second-order valence-corrected chi connectivity index (χ2v) is 10.1. The molecule has 0 radical (unpaired) electrons. The van der Waals surface area contributed by atoms with Crippen molar-refractivity contribution >= 4 is 29.3 Å². The van der Waals surface area contributed by atoms with Gasteiger partial charge in [-0.25, -0.2) is 4.68 Å². The number of tetrazole rings is 1. The summed E-state index contributed by atoms with van der Waals surface area (Å²) in [6.45, 7) is 4.83. The molecule has 5 atom stereocenters. The van der Waals surface area contributed by atoms with E-state index in [1.165, 1.54) is 25.6 Å². The Morgan fingerprint density at radius 3 is 2.42 bits per heavy atom. The highest BCUT2D eigenvalue weighted by atomic mass is 32.2. The highest BCUT2D eigenvalue weighted by molar-refractivity contribution is 7.99. The van der Waals surface area contributed by atoms with Gasteiger partial charge in [0.25, 0.3) is 5.91 Å². The van der Waals surface area contributed by atoms with E-state index in [4.69, 9.17) is 14.2 Å². The molecule has 1 aliphatic rings. The second-order valence-electron chi connectivity index (χ2n) is 9.08. The number of benzene rings is 2. The van der Waals surface area contributed by atoms with Crippen molar-refractivity contribution in [3.8, 4) is 0 Å². The summed E-state index contributed by atoms with van der Waals surface area (Å²) in [5.41, 5.74) is 3.16. The van der Waals surface area contributed by atoms with Crippen LogP contribution in [-0.4, -0.2) is 55.2 Å². The van der Waals surface area contributed by atoms with Crippen molar-refractivity contribution in [2.45, 2.75) is 57.1 Å². The third kappa shape index (κ3) is 6.76. The van der Waals surface area contributed by atoms with Crippen LogP contribution in [0.5, 0.6) is 0 Å². The van der Waals surface area contributed by atoms with Gasteiger partial charge in [0.15, 0.2) is 12.4 Å².